The Kier molecular flexibility index (Phi) is 13.0. The molecule has 4 nitrogen and oxygen atoms in total. The summed E-state index contributed by atoms with van der Waals surface area (Å²) in [6.45, 7) is 0. The first-order valence-electron chi connectivity index (χ1n) is 6.25. The molecule has 0 amide bonds. The summed E-state index contributed by atoms with van der Waals surface area (Å²) in [5, 5.41) is 16.0. The van der Waals surface area contributed by atoms with Gasteiger partial charge in [0.15, 0.2) is 0 Å². The molecule has 0 aliphatic heterocycles. The van der Waals surface area contributed by atoms with Gasteiger partial charge in [-0.15, -0.1) is 0 Å². The molecule has 0 aromatic heterocycles. The van der Waals surface area contributed by atoms with Gasteiger partial charge in [-0.1, -0.05) is 116 Å². The third-order valence-electron chi connectivity index (χ3n) is 2.85. The van der Waals surface area contributed by atoms with Crippen molar-refractivity contribution in [3.8, 4) is 0 Å². The number of hydrogen-bond acceptors (Lipinski definition) is 2. The van der Waals surface area contributed by atoms with Crippen LogP contribution < -0.4 is 0 Å². The summed E-state index contributed by atoms with van der Waals surface area (Å²) in [7, 11) is 0. The molecule has 0 radical (unpaired) electrons. The zero-order chi connectivity index (χ0) is 22.1. The number of carbonyl (C=O) groups is 2. The molecule has 2 rings (SSSR count). The quantitative estimate of drug-likeness (QED) is 0.186. The number of carboxylic acids is 2. The minimum atomic E-state index is -1.32. The maximum absolute atomic E-state index is 10.7. The Morgan fingerprint density at radius 2 is 0.552 bits per heavy atom. The third-order valence-corrected chi connectivity index (χ3v) is 7.40. The van der Waals surface area contributed by atoms with Crippen molar-refractivity contribution in [2.75, 3.05) is 0 Å². The van der Waals surface area contributed by atoms with Crippen molar-refractivity contribution in [3.05, 3.63) is 61.4 Å². The van der Waals surface area contributed by atoms with Crippen LogP contribution in [0.4, 0.5) is 0 Å². The van der Waals surface area contributed by atoms with Crippen LogP contribution in [0, 0.1) is 0 Å². The van der Waals surface area contributed by atoms with Gasteiger partial charge in [0.25, 0.3) is 0 Å². The fraction of sp³-hybridized carbons (Fsp3) is 0. The molecule has 0 bridgehead atoms. The molecule has 2 aromatic carbocycles. The van der Waals surface area contributed by atoms with E-state index in [-0.39, 0.29) is 88.7 Å². The Hall–Kier alpha value is 1.20. The standard InChI is InChI=1S/2C7HCl5O2.Cd/c2*8-2-1(7(13)14)3(9)5(11)6(12)4(2)10;/h2*(H,13,14);. The van der Waals surface area contributed by atoms with Crippen LogP contribution in [-0.4, -0.2) is 22.2 Å². The van der Waals surface area contributed by atoms with Crippen LogP contribution in [-0.2, 0) is 27.3 Å². The minimum absolute atomic E-state index is 0. The van der Waals surface area contributed by atoms with Gasteiger partial charge in [0.1, 0.15) is 0 Å². The molecule has 0 saturated carbocycles. The van der Waals surface area contributed by atoms with Gasteiger partial charge in [-0.25, -0.2) is 9.59 Å². The Balaban J connectivity index is 0.000000523. The van der Waals surface area contributed by atoms with E-state index in [1.54, 1.807) is 0 Å². The smallest absolute Gasteiger partial charge is 0.338 e. The van der Waals surface area contributed by atoms with Crippen LogP contribution in [0.25, 0.3) is 0 Å². The van der Waals surface area contributed by atoms with Crippen molar-refractivity contribution in [3.63, 3.8) is 0 Å². The summed E-state index contributed by atoms with van der Waals surface area (Å²) in [6, 6.07) is 0. The molecule has 0 heterocycles. The van der Waals surface area contributed by atoms with Gasteiger partial charge in [0.05, 0.1) is 61.4 Å². The number of benzene rings is 2. The molecule has 2 aromatic rings. The average Bonchev–Trinajstić information content (AvgIpc) is 2.61. The fourth-order valence-corrected chi connectivity index (χ4v) is 4.19. The van der Waals surface area contributed by atoms with E-state index in [1.165, 1.54) is 0 Å². The Morgan fingerprint density at radius 3 is 0.690 bits per heavy atom. The zero-order valence-corrected chi connectivity index (χ0v) is 24.8. The molecule has 2 N–H and O–H groups in total. The monoisotopic (exact) mass is 698 g/mol. The Morgan fingerprint density at radius 1 is 0.414 bits per heavy atom. The molecule has 0 spiro atoms. The first-order valence-corrected chi connectivity index (χ1v) is 10.0. The summed E-state index contributed by atoms with van der Waals surface area (Å²) in [5.41, 5.74) is -0.708. The van der Waals surface area contributed by atoms with Crippen molar-refractivity contribution in [1.29, 1.82) is 0 Å². The van der Waals surface area contributed by atoms with E-state index in [0.29, 0.717) is 0 Å². The first-order chi connectivity index (χ1) is 12.7. The molecular weight excluding hydrogens is 699 g/mol. The molecule has 0 saturated heterocycles. The summed E-state index contributed by atoms with van der Waals surface area (Å²) in [5.74, 6) is -2.64. The van der Waals surface area contributed by atoms with Gasteiger partial charge in [0.2, 0.25) is 0 Å². The zero-order valence-electron chi connectivity index (χ0n) is 13.2. The van der Waals surface area contributed by atoms with E-state index in [9.17, 15) is 9.59 Å². The average molecular weight is 701 g/mol. The molecule has 0 atom stereocenters. The van der Waals surface area contributed by atoms with E-state index < -0.39 is 11.9 Å². The van der Waals surface area contributed by atoms with E-state index in [1.807, 2.05) is 0 Å². The van der Waals surface area contributed by atoms with Crippen LogP contribution in [0.15, 0.2) is 0 Å². The molecule has 154 valence electrons. The van der Waals surface area contributed by atoms with Crippen molar-refractivity contribution < 1.29 is 47.1 Å². The van der Waals surface area contributed by atoms with Crippen molar-refractivity contribution in [1.82, 2.24) is 0 Å². The van der Waals surface area contributed by atoms with Crippen LogP contribution >= 0.6 is 116 Å². The van der Waals surface area contributed by atoms with Crippen molar-refractivity contribution in [2.45, 2.75) is 0 Å². The van der Waals surface area contributed by atoms with Crippen LogP contribution in [0.3, 0.4) is 0 Å². The van der Waals surface area contributed by atoms with Crippen LogP contribution in [0.1, 0.15) is 20.7 Å². The second-order valence-corrected chi connectivity index (χ2v) is 8.28. The summed E-state index contributed by atoms with van der Waals surface area (Å²) in [4.78, 5) is 21.5. The van der Waals surface area contributed by atoms with Gasteiger partial charge in [0, 0.05) is 27.3 Å². The van der Waals surface area contributed by atoms with Gasteiger partial charge in [-0.05, 0) is 0 Å². The SMILES string of the molecule is O=C(O)c1c(Cl)c(Cl)c(Cl)c(Cl)c1Cl.O=C(O)c1c(Cl)c(Cl)c(Cl)c(Cl)c1Cl.[Cd]. The molecular formula is C14H2CdCl10O4. The van der Waals surface area contributed by atoms with Crippen LogP contribution in [0.2, 0.25) is 50.2 Å². The Bertz CT molecular complexity index is 858. The topological polar surface area (TPSA) is 74.6 Å². The number of hydrogen-bond donors (Lipinski definition) is 2. The van der Waals surface area contributed by atoms with E-state index in [0.717, 1.165) is 0 Å². The Labute approximate surface area is 233 Å². The third kappa shape index (κ3) is 6.60. The van der Waals surface area contributed by atoms with Crippen molar-refractivity contribution in [2.24, 2.45) is 0 Å². The minimum Gasteiger partial charge on any atom is -0.478 e. The predicted octanol–water partition coefficient (Wildman–Crippen LogP) is 9.30. The number of rotatable bonds is 2. The van der Waals surface area contributed by atoms with E-state index in [4.69, 9.17) is 126 Å². The summed E-state index contributed by atoms with van der Waals surface area (Å²) < 4.78 is 0. The molecule has 15 heteroatoms. The van der Waals surface area contributed by atoms with Gasteiger partial charge >= 0.3 is 11.9 Å². The number of halogens is 10. The molecule has 0 aliphatic rings. The normalized spacial score (nSPS) is 10.0. The number of aromatic carboxylic acids is 2. The second kappa shape index (κ2) is 12.4. The predicted molar refractivity (Wildman–Crippen MR) is 117 cm³/mol. The van der Waals surface area contributed by atoms with E-state index in [2.05, 4.69) is 0 Å². The summed E-state index contributed by atoms with van der Waals surface area (Å²) >= 11 is 56.3. The van der Waals surface area contributed by atoms with Gasteiger partial charge in [-0.3, -0.25) is 0 Å². The largest absolute Gasteiger partial charge is 0.478 e. The van der Waals surface area contributed by atoms with E-state index >= 15 is 0 Å². The maximum Gasteiger partial charge on any atom is 0.338 e. The number of carboxylic acid groups (broad SMARTS) is 2. The van der Waals surface area contributed by atoms with Gasteiger partial charge in [-0.2, -0.15) is 0 Å². The second-order valence-electron chi connectivity index (χ2n) is 4.50. The molecule has 0 unspecified atom stereocenters. The van der Waals surface area contributed by atoms with Crippen LogP contribution in [0.5, 0.6) is 0 Å². The molecule has 0 aliphatic carbocycles. The van der Waals surface area contributed by atoms with Gasteiger partial charge < -0.3 is 10.2 Å². The summed E-state index contributed by atoms with van der Waals surface area (Å²) in [6.07, 6.45) is 0. The molecule has 0 fully saturated rings. The fourth-order valence-electron chi connectivity index (χ4n) is 1.59. The molecule has 29 heavy (non-hydrogen) atoms. The maximum atomic E-state index is 10.7. The first kappa shape index (κ1) is 30.2. The van der Waals surface area contributed by atoms with Crippen molar-refractivity contribution >= 4 is 128 Å².